The topological polar surface area (TPSA) is 156 Å². The predicted molar refractivity (Wildman–Crippen MR) is 137 cm³/mol. The molecule has 1 rings (SSSR count). The second kappa shape index (κ2) is 14.5. The molecule has 9 nitrogen and oxygen atoms in total. The summed E-state index contributed by atoms with van der Waals surface area (Å²) in [6.07, 6.45) is 1.12. The summed E-state index contributed by atoms with van der Waals surface area (Å²) in [5.41, 5.74) is 12.4. The van der Waals surface area contributed by atoms with Gasteiger partial charge in [0, 0.05) is 6.42 Å². The van der Waals surface area contributed by atoms with Crippen molar-refractivity contribution < 1.29 is 19.2 Å². The van der Waals surface area contributed by atoms with Crippen molar-refractivity contribution in [1.29, 1.82) is 0 Å². The monoisotopic (exact) mass is 489 g/mol. The molecular weight excluding hydrogens is 446 g/mol. The third-order valence-electron chi connectivity index (χ3n) is 5.59. The molecule has 0 spiro atoms. The fourth-order valence-electron chi connectivity index (χ4n) is 3.72. The summed E-state index contributed by atoms with van der Waals surface area (Å²) in [6, 6.07) is 5.79. The average molecular weight is 490 g/mol. The van der Waals surface area contributed by atoms with Crippen LogP contribution >= 0.6 is 0 Å². The molecule has 0 aliphatic heterocycles. The number of nitrogens with one attached hydrogen (secondary N) is 3. The minimum absolute atomic E-state index is 0.115. The van der Waals surface area contributed by atoms with Crippen molar-refractivity contribution in [3.05, 3.63) is 35.9 Å². The molecule has 196 valence electrons. The highest BCUT2D eigenvalue weighted by Crippen LogP contribution is 2.10. The zero-order valence-electron chi connectivity index (χ0n) is 21.8. The zero-order chi connectivity index (χ0) is 26.7. The summed E-state index contributed by atoms with van der Waals surface area (Å²) >= 11 is 0. The second-order valence-electron chi connectivity index (χ2n) is 10.3. The van der Waals surface area contributed by atoms with Gasteiger partial charge in [-0.05, 0) is 36.2 Å². The SMILES string of the molecule is CC(C)CC(N)C(=O)NC(CC(C)C)C(=O)NC(C(=O)NC(Cc1ccccc1)C(N)=O)C(C)C. The van der Waals surface area contributed by atoms with Crippen LogP contribution in [0, 0.1) is 17.8 Å². The fraction of sp³-hybridized carbons (Fsp3) is 0.615. The first kappa shape index (κ1) is 30.1. The normalized spacial score (nSPS) is 14.8. The van der Waals surface area contributed by atoms with E-state index < -0.39 is 47.8 Å². The molecule has 7 N–H and O–H groups in total. The molecule has 0 aromatic heterocycles. The lowest BCUT2D eigenvalue weighted by Crippen LogP contribution is -2.59. The number of nitrogens with two attached hydrogens (primary N) is 2. The van der Waals surface area contributed by atoms with Crippen LogP contribution in [0.5, 0.6) is 0 Å². The van der Waals surface area contributed by atoms with E-state index in [1.165, 1.54) is 0 Å². The first-order chi connectivity index (χ1) is 16.3. The minimum atomic E-state index is -0.928. The summed E-state index contributed by atoms with van der Waals surface area (Å²) in [7, 11) is 0. The standard InChI is InChI=1S/C26H43N5O4/c1-15(2)12-19(27)24(33)30-21(13-16(3)4)25(34)31-22(17(5)6)26(35)29-20(23(28)32)14-18-10-8-7-9-11-18/h7-11,15-17,19-22H,12-14,27H2,1-6H3,(H2,28,32)(H,29,35)(H,30,33)(H,31,34). The Morgan fingerprint density at radius 3 is 1.77 bits per heavy atom. The van der Waals surface area contributed by atoms with E-state index in [1.54, 1.807) is 13.8 Å². The highest BCUT2D eigenvalue weighted by molar-refractivity contribution is 5.94. The van der Waals surface area contributed by atoms with E-state index in [1.807, 2.05) is 58.0 Å². The number of primary amides is 1. The molecule has 0 saturated heterocycles. The lowest BCUT2D eigenvalue weighted by atomic mass is 9.98. The van der Waals surface area contributed by atoms with Gasteiger partial charge in [0.25, 0.3) is 0 Å². The molecule has 4 atom stereocenters. The second-order valence-corrected chi connectivity index (χ2v) is 10.3. The average Bonchev–Trinajstić information content (AvgIpc) is 2.75. The Hall–Kier alpha value is -2.94. The van der Waals surface area contributed by atoms with Crippen LogP contribution in [0.3, 0.4) is 0 Å². The zero-order valence-corrected chi connectivity index (χ0v) is 21.8. The minimum Gasteiger partial charge on any atom is -0.368 e. The van der Waals surface area contributed by atoms with Gasteiger partial charge in [-0.25, -0.2) is 0 Å². The number of carbonyl (C=O) groups excluding carboxylic acids is 4. The van der Waals surface area contributed by atoms with Crippen molar-refractivity contribution in [3.8, 4) is 0 Å². The fourth-order valence-corrected chi connectivity index (χ4v) is 3.72. The summed E-state index contributed by atoms with van der Waals surface area (Å²) in [6.45, 7) is 11.4. The van der Waals surface area contributed by atoms with Gasteiger partial charge in [0.05, 0.1) is 6.04 Å². The Kier molecular flexibility index (Phi) is 12.4. The van der Waals surface area contributed by atoms with Crippen molar-refractivity contribution in [2.24, 2.45) is 29.2 Å². The molecule has 9 heteroatoms. The Balaban J connectivity index is 2.95. The highest BCUT2D eigenvalue weighted by Gasteiger charge is 2.32. The molecule has 0 fully saturated rings. The van der Waals surface area contributed by atoms with Crippen LogP contribution in [0.1, 0.15) is 59.9 Å². The van der Waals surface area contributed by atoms with Crippen molar-refractivity contribution in [2.75, 3.05) is 0 Å². The molecular formula is C26H43N5O4. The largest absolute Gasteiger partial charge is 0.368 e. The number of carbonyl (C=O) groups is 4. The smallest absolute Gasteiger partial charge is 0.243 e. The van der Waals surface area contributed by atoms with Gasteiger partial charge in [-0.3, -0.25) is 19.2 Å². The van der Waals surface area contributed by atoms with Crippen LogP contribution in [-0.4, -0.2) is 47.8 Å². The van der Waals surface area contributed by atoms with Gasteiger partial charge in [-0.1, -0.05) is 71.9 Å². The Morgan fingerprint density at radius 1 is 0.743 bits per heavy atom. The third kappa shape index (κ3) is 10.9. The summed E-state index contributed by atoms with van der Waals surface area (Å²) < 4.78 is 0. The van der Waals surface area contributed by atoms with Crippen molar-refractivity contribution in [2.45, 2.75) is 85.0 Å². The molecule has 0 heterocycles. The molecule has 4 unspecified atom stereocenters. The first-order valence-corrected chi connectivity index (χ1v) is 12.3. The van der Waals surface area contributed by atoms with Crippen LogP contribution in [0.2, 0.25) is 0 Å². The van der Waals surface area contributed by atoms with E-state index in [9.17, 15) is 19.2 Å². The van der Waals surface area contributed by atoms with Crippen molar-refractivity contribution in [3.63, 3.8) is 0 Å². The van der Waals surface area contributed by atoms with E-state index in [-0.39, 0.29) is 24.2 Å². The molecule has 0 bridgehead atoms. The van der Waals surface area contributed by atoms with Gasteiger partial charge >= 0.3 is 0 Å². The van der Waals surface area contributed by atoms with Crippen LogP contribution in [0.25, 0.3) is 0 Å². The summed E-state index contributed by atoms with van der Waals surface area (Å²) in [5.74, 6) is -1.99. The highest BCUT2D eigenvalue weighted by atomic mass is 16.2. The van der Waals surface area contributed by atoms with E-state index in [4.69, 9.17) is 11.5 Å². The summed E-state index contributed by atoms with van der Waals surface area (Å²) in [4.78, 5) is 50.8. The lowest BCUT2D eigenvalue weighted by molar-refractivity contribution is -0.134. The third-order valence-corrected chi connectivity index (χ3v) is 5.59. The maximum absolute atomic E-state index is 13.2. The molecule has 35 heavy (non-hydrogen) atoms. The number of amides is 4. The maximum atomic E-state index is 13.2. The van der Waals surface area contributed by atoms with Crippen molar-refractivity contribution in [1.82, 2.24) is 16.0 Å². The van der Waals surface area contributed by atoms with E-state index in [0.717, 1.165) is 5.56 Å². The molecule has 0 aliphatic rings. The quantitative estimate of drug-likeness (QED) is 0.266. The summed E-state index contributed by atoms with van der Waals surface area (Å²) in [5, 5.41) is 8.18. The Labute approximate surface area is 209 Å². The number of rotatable bonds is 14. The van der Waals surface area contributed by atoms with E-state index in [0.29, 0.717) is 12.8 Å². The van der Waals surface area contributed by atoms with Gasteiger partial charge in [0.1, 0.15) is 18.1 Å². The molecule has 0 aliphatic carbocycles. The van der Waals surface area contributed by atoms with Gasteiger partial charge in [0.2, 0.25) is 23.6 Å². The van der Waals surface area contributed by atoms with Gasteiger partial charge in [0.15, 0.2) is 0 Å². The predicted octanol–water partition coefficient (Wildman–Crippen LogP) is 1.24. The van der Waals surface area contributed by atoms with Gasteiger partial charge in [-0.2, -0.15) is 0 Å². The maximum Gasteiger partial charge on any atom is 0.243 e. The lowest BCUT2D eigenvalue weighted by Gasteiger charge is -2.28. The molecule has 1 aromatic rings. The van der Waals surface area contributed by atoms with Crippen molar-refractivity contribution >= 4 is 23.6 Å². The van der Waals surface area contributed by atoms with Gasteiger partial charge in [-0.15, -0.1) is 0 Å². The Morgan fingerprint density at radius 2 is 1.29 bits per heavy atom. The number of benzene rings is 1. The first-order valence-electron chi connectivity index (χ1n) is 12.3. The number of hydrogen-bond donors (Lipinski definition) is 5. The van der Waals surface area contributed by atoms with E-state index >= 15 is 0 Å². The van der Waals surface area contributed by atoms with Crippen LogP contribution in [0.4, 0.5) is 0 Å². The number of hydrogen-bond acceptors (Lipinski definition) is 5. The van der Waals surface area contributed by atoms with Crippen LogP contribution < -0.4 is 27.4 Å². The molecule has 0 saturated carbocycles. The van der Waals surface area contributed by atoms with Crippen LogP contribution in [-0.2, 0) is 25.6 Å². The molecule has 0 radical (unpaired) electrons. The van der Waals surface area contributed by atoms with Crippen LogP contribution in [0.15, 0.2) is 30.3 Å². The Bertz CT molecular complexity index is 841. The molecule has 1 aromatic carbocycles. The molecule has 4 amide bonds. The van der Waals surface area contributed by atoms with E-state index in [2.05, 4.69) is 16.0 Å². The van der Waals surface area contributed by atoms with Gasteiger partial charge < -0.3 is 27.4 Å².